The van der Waals surface area contributed by atoms with Crippen LogP contribution >= 0.6 is 0 Å². The number of phenolic OH excluding ortho intramolecular Hbond substituents is 1. The van der Waals surface area contributed by atoms with E-state index in [2.05, 4.69) is 30.3 Å². The maximum absolute atomic E-state index is 9.86. The summed E-state index contributed by atoms with van der Waals surface area (Å²) in [5.74, 6) is 0.449. The van der Waals surface area contributed by atoms with Crippen LogP contribution in [0.4, 0.5) is 0 Å². The number of hydrogen-bond acceptors (Lipinski definition) is 1. The minimum absolute atomic E-state index is 0.449. The normalized spacial score (nSPS) is 13.8. The monoisotopic (exact) mass is 210 g/mol. The molecule has 0 aliphatic heterocycles. The Morgan fingerprint density at radius 1 is 0.750 bits per heavy atom. The summed E-state index contributed by atoms with van der Waals surface area (Å²) in [4.78, 5) is 0. The van der Waals surface area contributed by atoms with Crippen molar-refractivity contribution >= 4 is 0 Å². The maximum atomic E-state index is 9.86. The number of rotatable bonds is 0. The highest BCUT2D eigenvalue weighted by atomic mass is 16.3. The molecule has 0 bridgehead atoms. The first-order valence-corrected chi connectivity index (χ1v) is 5.71. The standard InChI is InChI=1S/C15H14O/c16-15-7-3-6-13-10-12-5-2-1-4-11(12)8-9-14(13)15/h1-7,16H,8-10H2. The summed E-state index contributed by atoms with van der Waals surface area (Å²) in [6.45, 7) is 0. The molecule has 0 amide bonds. The van der Waals surface area contributed by atoms with E-state index >= 15 is 0 Å². The fourth-order valence-electron chi connectivity index (χ4n) is 2.51. The third-order valence-electron chi connectivity index (χ3n) is 3.39. The van der Waals surface area contributed by atoms with Crippen LogP contribution in [0.2, 0.25) is 0 Å². The SMILES string of the molecule is Oc1cccc2c1CCc1ccccc1C2. The van der Waals surface area contributed by atoms with E-state index in [1.807, 2.05) is 6.07 Å². The van der Waals surface area contributed by atoms with Gasteiger partial charge in [-0.05, 0) is 47.6 Å². The molecule has 1 heteroatoms. The molecule has 1 N–H and O–H groups in total. The zero-order valence-electron chi connectivity index (χ0n) is 9.11. The summed E-state index contributed by atoms with van der Waals surface area (Å²) in [7, 11) is 0. The first-order valence-electron chi connectivity index (χ1n) is 5.71. The van der Waals surface area contributed by atoms with Crippen molar-refractivity contribution in [3.63, 3.8) is 0 Å². The van der Waals surface area contributed by atoms with E-state index in [1.54, 1.807) is 6.07 Å². The molecule has 0 saturated heterocycles. The molecule has 0 saturated carbocycles. The minimum Gasteiger partial charge on any atom is -0.508 e. The molecule has 0 fully saturated rings. The zero-order chi connectivity index (χ0) is 11.0. The minimum atomic E-state index is 0.449. The highest BCUT2D eigenvalue weighted by molar-refractivity contribution is 5.46. The number of benzene rings is 2. The molecule has 3 rings (SSSR count). The van der Waals surface area contributed by atoms with Gasteiger partial charge in [0.15, 0.2) is 0 Å². The summed E-state index contributed by atoms with van der Waals surface area (Å²) in [5.41, 5.74) is 5.20. The van der Waals surface area contributed by atoms with Crippen molar-refractivity contribution in [2.45, 2.75) is 19.3 Å². The molecule has 80 valence electrons. The molecule has 0 radical (unpaired) electrons. The average molecular weight is 210 g/mol. The van der Waals surface area contributed by atoms with Crippen molar-refractivity contribution in [2.75, 3.05) is 0 Å². The van der Waals surface area contributed by atoms with Gasteiger partial charge in [-0.2, -0.15) is 0 Å². The van der Waals surface area contributed by atoms with Crippen LogP contribution in [-0.4, -0.2) is 5.11 Å². The van der Waals surface area contributed by atoms with Crippen LogP contribution in [0.5, 0.6) is 5.75 Å². The zero-order valence-corrected chi connectivity index (χ0v) is 9.11. The van der Waals surface area contributed by atoms with E-state index in [1.165, 1.54) is 16.7 Å². The van der Waals surface area contributed by atoms with Gasteiger partial charge in [0.25, 0.3) is 0 Å². The molecule has 0 atom stereocenters. The number of fused-ring (bicyclic) bond motifs is 2. The molecule has 0 aromatic heterocycles. The molecule has 1 aliphatic rings. The van der Waals surface area contributed by atoms with Crippen molar-refractivity contribution in [3.05, 3.63) is 64.7 Å². The quantitative estimate of drug-likeness (QED) is 0.708. The Kier molecular flexibility index (Phi) is 2.17. The number of phenols is 1. The summed E-state index contributed by atoms with van der Waals surface area (Å²) in [6, 6.07) is 14.4. The fourth-order valence-corrected chi connectivity index (χ4v) is 2.51. The first-order chi connectivity index (χ1) is 7.84. The Morgan fingerprint density at radius 3 is 2.38 bits per heavy atom. The third-order valence-corrected chi connectivity index (χ3v) is 3.39. The van der Waals surface area contributed by atoms with Crippen LogP contribution in [0.3, 0.4) is 0 Å². The number of aryl methyl sites for hydroxylation is 1. The van der Waals surface area contributed by atoms with E-state index in [0.29, 0.717) is 5.75 Å². The van der Waals surface area contributed by atoms with E-state index in [-0.39, 0.29) is 0 Å². The van der Waals surface area contributed by atoms with Crippen LogP contribution in [0.15, 0.2) is 42.5 Å². The van der Waals surface area contributed by atoms with Gasteiger partial charge in [-0.1, -0.05) is 36.4 Å². The molecule has 2 aromatic rings. The van der Waals surface area contributed by atoms with Gasteiger partial charge in [-0.25, -0.2) is 0 Å². The third kappa shape index (κ3) is 1.49. The van der Waals surface area contributed by atoms with Gasteiger partial charge in [0.05, 0.1) is 0 Å². The lowest BCUT2D eigenvalue weighted by Gasteiger charge is -2.07. The van der Waals surface area contributed by atoms with Crippen molar-refractivity contribution in [1.82, 2.24) is 0 Å². The highest BCUT2D eigenvalue weighted by Gasteiger charge is 2.14. The Morgan fingerprint density at radius 2 is 1.50 bits per heavy atom. The second-order valence-corrected chi connectivity index (χ2v) is 4.36. The van der Waals surface area contributed by atoms with Crippen molar-refractivity contribution < 1.29 is 5.11 Å². The van der Waals surface area contributed by atoms with E-state index in [9.17, 15) is 5.11 Å². The molecule has 0 unspecified atom stereocenters. The van der Waals surface area contributed by atoms with E-state index in [0.717, 1.165) is 24.8 Å². The Bertz CT molecular complexity index is 529. The molecular formula is C15H14O. The van der Waals surface area contributed by atoms with E-state index in [4.69, 9.17) is 0 Å². The molecule has 2 aromatic carbocycles. The topological polar surface area (TPSA) is 20.2 Å². The predicted octanol–water partition coefficient (Wildman–Crippen LogP) is 3.08. The van der Waals surface area contributed by atoms with Crippen LogP contribution in [0.25, 0.3) is 0 Å². The first kappa shape index (κ1) is 9.46. The van der Waals surface area contributed by atoms with Gasteiger partial charge < -0.3 is 5.11 Å². The van der Waals surface area contributed by atoms with Crippen molar-refractivity contribution in [3.8, 4) is 5.75 Å². The Labute approximate surface area is 95.4 Å². The molecular weight excluding hydrogens is 196 g/mol. The lowest BCUT2D eigenvalue weighted by atomic mass is 10.0. The number of hydrogen-bond donors (Lipinski definition) is 1. The molecule has 1 nitrogen and oxygen atoms in total. The predicted molar refractivity (Wildman–Crippen MR) is 64.8 cm³/mol. The number of aromatic hydroxyl groups is 1. The van der Waals surface area contributed by atoms with Crippen LogP contribution in [0, 0.1) is 0 Å². The Balaban J connectivity index is 2.12. The van der Waals surface area contributed by atoms with Gasteiger partial charge >= 0.3 is 0 Å². The molecule has 0 spiro atoms. The van der Waals surface area contributed by atoms with Crippen molar-refractivity contribution in [2.24, 2.45) is 0 Å². The van der Waals surface area contributed by atoms with Gasteiger partial charge in [-0.15, -0.1) is 0 Å². The second-order valence-electron chi connectivity index (χ2n) is 4.36. The van der Waals surface area contributed by atoms with Gasteiger partial charge in [0.1, 0.15) is 5.75 Å². The summed E-state index contributed by atoms with van der Waals surface area (Å²) in [6.07, 6.45) is 2.92. The summed E-state index contributed by atoms with van der Waals surface area (Å²) >= 11 is 0. The summed E-state index contributed by atoms with van der Waals surface area (Å²) in [5, 5.41) is 9.86. The highest BCUT2D eigenvalue weighted by Crippen LogP contribution is 2.29. The second kappa shape index (κ2) is 3.67. The van der Waals surface area contributed by atoms with E-state index < -0.39 is 0 Å². The smallest absolute Gasteiger partial charge is 0.119 e. The lowest BCUT2D eigenvalue weighted by molar-refractivity contribution is 0.467. The van der Waals surface area contributed by atoms with Crippen LogP contribution < -0.4 is 0 Å². The maximum Gasteiger partial charge on any atom is 0.119 e. The fraction of sp³-hybridized carbons (Fsp3) is 0.200. The lowest BCUT2D eigenvalue weighted by Crippen LogP contribution is -1.92. The van der Waals surface area contributed by atoms with Crippen LogP contribution in [0.1, 0.15) is 22.3 Å². The molecule has 1 aliphatic carbocycles. The summed E-state index contributed by atoms with van der Waals surface area (Å²) < 4.78 is 0. The van der Waals surface area contributed by atoms with Gasteiger partial charge in [0.2, 0.25) is 0 Å². The van der Waals surface area contributed by atoms with Gasteiger partial charge in [-0.3, -0.25) is 0 Å². The van der Waals surface area contributed by atoms with Gasteiger partial charge in [0, 0.05) is 0 Å². The largest absolute Gasteiger partial charge is 0.508 e. The molecule has 0 heterocycles. The molecule has 16 heavy (non-hydrogen) atoms. The van der Waals surface area contributed by atoms with Crippen LogP contribution in [-0.2, 0) is 19.3 Å². The Hall–Kier alpha value is -1.76. The van der Waals surface area contributed by atoms with Crippen molar-refractivity contribution in [1.29, 1.82) is 0 Å². The average Bonchev–Trinajstić information content (AvgIpc) is 2.48.